The summed E-state index contributed by atoms with van der Waals surface area (Å²) in [5, 5.41) is 3.22. The van der Waals surface area contributed by atoms with E-state index in [1.165, 1.54) is 25.1 Å². The van der Waals surface area contributed by atoms with Crippen LogP contribution >= 0.6 is 0 Å². The quantitative estimate of drug-likeness (QED) is 0.700. The van der Waals surface area contributed by atoms with Crippen LogP contribution in [0.25, 0.3) is 0 Å². The summed E-state index contributed by atoms with van der Waals surface area (Å²) in [6.07, 6.45) is 1.18. The summed E-state index contributed by atoms with van der Waals surface area (Å²) in [6.45, 7) is 3.61. The minimum absolute atomic E-state index is 0.795. The van der Waals surface area contributed by atoms with Crippen molar-refractivity contribution in [2.45, 2.75) is 12.5 Å². The maximum absolute atomic E-state index is 3.22. The molecule has 1 saturated heterocycles. The number of benzene rings is 1. The molecule has 0 spiro atoms. The van der Waals surface area contributed by atoms with E-state index in [4.69, 9.17) is 0 Å². The zero-order valence-electron chi connectivity index (χ0n) is 8.74. The van der Waals surface area contributed by atoms with Crippen LogP contribution in [0.5, 0.6) is 0 Å². The molecule has 0 aliphatic carbocycles. The molecule has 0 amide bonds. The molecule has 1 fully saturated rings. The number of rotatable bonds is 5. The van der Waals surface area contributed by atoms with Crippen LogP contribution in [-0.4, -0.2) is 37.6 Å². The van der Waals surface area contributed by atoms with E-state index in [2.05, 4.69) is 40.5 Å². The van der Waals surface area contributed by atoms with E-state index >= 15 is 0 Å². The molecule has 2 heteroatoms. The van der Waals surface area contributed by atoms with Crippen molar-refractivity contribution in [1.82, 2.24) is 10.2 Å². The summed E-state index contributed by atoms with van der Waals surface area (Å²) >= 11 is 0. The molecular formula is C12H18N2. The van der Waals surface area contributed by atoms with Crippen LogP contribution in [0.1, 0.15) is 5.56 Å². The molecule has 1 aliphatic rings. The third kappa shape index (κ3) is 2.56. The Balaban J connectivity index is 1.70. The summed E-state index contributed by atoms with van der Waals surface area (Å²) in [4.78, 5) is 2.52. The standard InChI is InChI=1S/C12H18N2/c1-13-9-12-10-14(12)8-7-11-5-3-2-4-6-11/h2-6,12-13H,7-10H2,1H3. The Morgan fingerprint density at radius 3 is 2.86 bits per heavy atom. The van der Waals surface area contributed by atoms with Crippen molar-refractivity contribution >= 4 is 0 Å². The second kappa shape index (κ2) is 4.58. The van der Waals surface area contributed by atoms with Gasteiger partial charge in [0.1, 0.15) is 0 Å². The van der Waals surface area contributed by atoms with Crippen LogP contribution in [0.3, 0.4) is 0 Å². The lowest BCUT2D eigenvalue weighted by molar-refractivity contribution is 0.499. The van der Waals surface area contributed by atoms with Gasteiger partial charge in [0.15, 0.2) is 0 Å². The van der Waals surface area contributed by atoms with Crippen LogP contribution in [-0.2, 0) is 6.42 Å². The molecule has 2 unspecified atom stereocenters. The Bertz CT molecular complexity index is 271. The van der Waals surface area contributed by atoms with Gasteiger partial charge in [-0.05, 0) is 19.0 Å². The van der Waals surface area contributed by atoms with Gasteiger partial charge in [0.2, 0.25) is 0 Å². The number of likely N-dealkylation sites (N-methyl/N-ethyl adjacent to an activating group) is 1. The first-order valence-electron chi connectivity index (χ1n) is 5.32. The van der Waals surface area contributed by atoms with Gasteiger partial charge >= 0.3 is 0 Å². The van der Waals surface area contributed by atoms with Gasteiger partial charge in [-0.15, -0.1) is 0 Å². The SMILES string of the molecule is CNCC1CN1CCc1ccccc1. The van der Waals surface area contributed by atoms with Crippen molar-refractivity contribution in [1.29, 1.82) is 0 Å². The van der Waals surface area contributed by atoms with Crippen molar-refractivity contribution in [2.75, 3.05) is 26.7 Å². The molecule has 2 nitrogen and oxygen atoms in total. The van der Waals surface area contributed by atoms with Gasteiger partial charge in [0.05, 0.1) is 0 Å². The number of nitrogens with zero attached hydrogens (tertiary/aromatic N) is 1. The monoisotopic (exact) mass is 190 g/mol. The van der Waals surface area contributed by atoms with Crippen molar-refractivity contribution in [3.63, 3.8) is 0 Å². The van der Waals surface area contributed by atoms with Crippen molar-refractivity contribution in [2.24, 2.45) is 0 Å². The smallest absolute Gasteiger partial charge is 0.0348 e. The largest absolute Gasteiger partial charge is 0.318 e. The average Bonchev–Trinajstić information content (AvgIpc) is 2.96. The third-order valence-electron chi connectivity index (χ3n) is 2.80. The fourth-order valence-corrected chi connectivity index (χ4v) is 1.84. The Labute approximate surface area is 85.9 Å². The van der Waals surface area contributed by atoms with Gasteiger partial charge in [-0.2, -0.15) is 0 Å². The second-order valence-corrected chi connectivity index (χ2v) is 3.94. The molecular weight excluding hydrogens is 172 g/mol. The number of nitrogens with one attached hydrogen (secondary N) is 1. The van der Waals surface area contributed by atoms with E-state index in [0.717, 1.165) is 12.6 Å². The lowest BCUT2D eigenvalue weighted by Gasteiger charge is -2.03. The Morgan fingerprint density at radius 2 is 2.14 bits per heavy atom. The zero-order valence-corrected chi connectivity index (χ0v) is 8.74. The number of hydrogen-bond donors (Lipinski definition) is 1. The van der Waals surface area contributed by atoms with E-state index in [1.54, 1.807) is 0 Å². The van der Waals surface area contributed by atoms with Crippen molar-refractivity contribution in [3.05, 3.63) is 35.9 Å². The summed E-state index contributed by atoms with van der Waals surface area (Å²) in [7, 11) is 2.02. The highest BCUT2D eigenvalue weighted by atomic mass is 15.3. The first kappa shape index (κ1) is 9.69. The Kier molecular flexibility index (Phi) is 3.17. The molecule has 1 heterocycles. The van der Waals surface area contributed by atoms with Gasteiger partial charge < -0.3 is 5.32 Å². The highest BCUT2D eigenvalue weighted by Crippen LogP contribution is 2.16. The topological polar surface area (TPSA) is 15.0 Å². The number of hydrogen-bond acceptors (Lipinski definition) is 2. The van der Waals surface area contributed by atoms with Crippen LogP contribution in [0, 0.1) is 0 Å². The summed E-state index contributed by atoms with van der Waals surface area (Å²) < 4.78 is 0. The lowest BCUT2D eigenvalue weighted by atomic mass is 10.1. The Hall–Kier alpha value is -0.860. The third-order valence-corrected chi connectivity index (χ3v) is 2.80. The molecule has 0 radical (unpaired) electrons. The van der Waals surface area contributed by atoms with Crippen molar-refractivity contribution in [3.8, 4) is 0 Å². The van der Waals surface area contributed by atoms with E-state index < -0.39 is 0 Å². The minimum Gasteiger partial charge on any atom is -0.318 e. The van der Waals surface area contributed by atoms with Crippen LogP contribution in [0.4, 0.5) is 0 Å². The van der Waals surface area contributed by atoms with E-state index in [1.807, 2.05) is 7.05 Å². The molecule has 1 aromatic carbocycles. The first-order chi connectivity index (χ1) is 6.90. The van der Waals surface area contributed by atoms with E-state index in [0.29, 0.717) is 0 Å². The van der Waals surface area contributed by atoms with E-state index in [9.17, 15) is 0 Å². The van der Waals surface area contributed by atoms with Gasteiger partial charge in [-0.3, -0.25) is 4.90 Å². The highest BCUT2D eigenvalue weighted by molar-refractivity contribution is 5.15. The molecule has 1 aliphatic heterocycles. The van der Waals surface area contributed by atoms with Gasteiger partial charge in [0.25, 0.3) is 0 Å². The predicted molar refractivity (Wildman–Crippen MR) is 59.4 cm³/mol. The second-order valence-electron chi connectivity index (χ2n) is 3.94. The maximum Gasteiger partial charge on any atom is 0.0348 e. The molecule has 0 bridgehead atoms. The highest BCUT2D eigenvalue weighted by Gasteiger charge is 2.31. The zero-order chi connectivity index (χ0) is 9.80. The van der Waals surface area contributed by atoms with Gasteiger partial charge in [0, 0.05) is 25.7 Å². The van der Waals surface area contributed by atoms with Gasteiger partial charge in [-0.25, -0.2) is 0 Å². The summed E-state index contributed by atoms with van der Waals surface area (Å²) in [6, 6.07) is 11.5. The van der Waals surface area contributed by atoms with Crippen LogP contribution in [0.2, 0.25) is 0 Å². The fraction of sp³-hybridized carbons (Fsp3) is 0.500. The molecule has 1 N–H and O–H groups in total. The first-order valence-corrected chi connectivity index (χ1v) is 5.32. The molecule has 2 rings (SSSR count). The molecule has 0 aromatic heterocycles. The molecule has 0 saturated carbocycles. The van der Waals surface area contributed by atoms with E-state index in [-0.39, 0.29) is 0 Å². The molecule has 76 valence electrons. The molecule has 14 heavy (non-hydrogen) atoms. The molecule has 2 atom stereocenters. The summed E-state index contributed by atoms with van der Waals surface area (Å²) in [5.74, 6) is 0. The Morgan fingerprint density at radius 1 is 1.36 bits per heavy atom. The lowest BCUT2D eigenvalue weighted by Crippen LogP contribution is -2.18. The van der Waals surface area contributed by atoms with Crippen molar-refractivity contribution < 1.29 is 0 Å². The van der Waals surface area contributed by atoms with Crippen LogP contribution in [0.15, 0.2) is 30.3 Å². The maximum atomic E-state index is 3.22. The van der Waals surface area contributed by atoms with Gasteiger partial charge in [-0.1, -0.05) is 30.3 Å². The minimum atomic E-state index is 0.795. The predicted octanol–water partition coefficient (Wildman–Crippen LogP) is 1.13. The average molecular weight is 190 g/mol. The van der Waals surface area contributed by atoms with Crippen LogP contribution < -0.4 is 5.32 Å². The normalized spacial score (nSPS) is 24.9. The summed E-state index contributed by atoms with van der Waals surface area (Å²) in [5.41, 5.74) is 1.45. The fourth-order valence-electron chi connectivity index (χ4n) is 1.84. The molecule has 1 aromatic rings.